The number of hydrogen-bond donors (Lipinski definition) is 0. The van der Waals surface area contributed by atoms with Gasteiger partial charge < -0.3 is 9.47 Å². The van der Waals surface area contributed by atoms with Crippen LogP contribution in [0, 0.1) is 13.8 Å². The summed E-state index contributed by atoms with van der Waals surface area (Å²) in [6.45, 7) is 18.7. The Morgan fingerprint density at radius 3 is 1.38 bits per heavy atom. The molecule has 0 saturated carbocycles. The van der Waals surface area contributed by atoms with Gasteiger partial charge in [0, 0.05) is 16.8 Å². The molecular weight excluding hydrogens is 507 g/mol. The molecule has 4 aromatic rings. The Hall–Kier alpha value is -3.09. The second kappa shape index (κ2) is 11.8. The summed E-state index contributed by atoms with van der Waals surface area (Å²) < 4.78 is 12.2. The van der Waals surface area contributed by atoms with Gasteiger partial charge in [0.2, 0.25) is 0 Å². The second-order valence-electron chi connectivity index (χ2n) is 12.7. The van der Waals surface area contributed by atoms with Gasteiger partial charge in [-0.3, -0.25) is 0 Å². The molecule has 0 atom stereocenters. The first kappa shape index (κ1) is 29.9. The van der Waals surface area contributed by atoms with Crippen LogP contribution >= 0.6 is 7.92 Å². The highest BCUT2D eigenvalue weighted by atomic mass is 31.1. The normalized spacial score (nSPS) is 12.2. The van der Waals surface area contributed by atoms with Gasteiger partial charge in [-0.2, -0.15) is 0 Å². The fourth-order valence-electron chi connectivity index (χ4n) is 6.46. The molecule has 0 aliphatic rings. The van der Waals surface area contributed by atoms with Gasteiger partial charge in [-0.15, -0.1) is 0 Å². The minimum absolute atomic E-state index is 0.0649. The molecule has 2 nitrogen and oxygen atoms in total. The van der Waals surface area contributed by atoms with E-state index in [1.807, 2.05) is 0 Å². The molecule has 0 fully saturated rings. The third-order valence-electron chi connectivity index (χ3n) is 7.51. The number of rotatable bonds is 7. The van der Waals surface area contributed by atoms with Crippen LogP contribution in [-0.4, -0.2) is 24.5 Å². The van der Waals surface area contributed by atoms with Crippen molar-refractivity contribution < 1.29 is 9.47 Å². The summed E-state index contributed by atoms with van der Waals surface area (Å²) in [5, 5.41) is 1.42. The van der Waals surface area contributed by atoms with E-state index in [-0.39, 0.29) is 16.2 Å². The quantitative estimate of drug-likeness (QED) is 0.168. The predicted molar refractivity (Wildman–Crippen MR) is 174 cm³/mol. The Labute approximate surface area is 243 Å². The lowest BCUT2D eigenvalue weighted by molar-refractivity contribution is 0.407. The molecule has 0 spiro atoms. The molecule has 0 unspecified atom stereocenters. The number of benzene rings is 4. The molecule has 0 amide bonds. The molecule has 0 aromatic heterocycles. The summed E-state index contributed by atoms with van der Waals surface area (Å²) in [5.74, 6) is 2.00. The van der Waals surface area contributed by atoms with Crippen LogP contribution in [0.5, 0.6) is 11.5 Å². The third-order valence-corrected chi connectivity index (χ3v) is 11.1. The molecule has 3 heteroatoms. The Morgan fingerprint density at radius 2 is 0.975 bits per heavy atom. The molecule has 0 radical (unpaired) electrons. The average molecular weight is 553 g/mol. The van der Waals surface area contributed by atoms with E-state index in [1.165, 1.54) is 44.2 Å². The van der Waals surface area contributed by atoms with Crippen molar-refractivity contribution in [3.05, 3.63) is 113 Å². The van der Waals surface area contributed by atoms with Gasteiger partial charge in [0.05, 0.1) is 14.2 Å². The first-order valence-corrected chi connectivity index (χ1v) is 15.5. The first-order chi connectivity index (χ1) is 18.9. The summed E-state index contributed by atoms with van der Waals surface area (Å²) in [7, 11) is 2.92. The molecule has 40 heavy (non-hydrogen) atoms. The molecule has 0 aliphatic carbocycles. The molecule has 0 aliphatic heterocycles. The lowest BCUT2D eigenvalue weighted by Gasteiger charge is -2.43. The monoisotopic (exact) mass is 552 g/mol. The van der Waals surface area contributed by atoms with Crippen molar-refractivity contribution in [2.45, 2.75) is 71.6 Å². The summed E-state index contributed by atoms with van der Waals surface area (Å²) in [6, 6.07) is 30.6. The zero-order chi connectivity index (χ0) is 29.2. The second-order valence-corrected chi connectivity index (χ2v) is 16.5. The van der Waals surface area contributed by atoms with Crippen LogP contribution in [0.2, 0.25) is 0 Å². The molecule has 4 aromatic carbocycles. The Kier molecular flexibility index (Phi) is 8.81. The summed E-state index contributed by atoms with van der Waals surface area (Å²) >= 11 is 0. The maximum absolute atomic E-state index is 6.10. The van der Waals surface area contributed by atoms with Crippen molar-refractivity contribution in [2.24, 2.45) is 0 Å². The molecule has 0 bridgehead atoms. The minimum Gasteiger partial charge on any atom is -0.496 e. The van der Waals surface area contributed by atoms with Crippen LogP contribution in [0.4, 0.5) is 0 Å². The van der Waals surface area contributed by atoms with Crippen molar-refractivity contribution in [3.8, 4) is 22.6 Å². The Balaban J connectivity index is 2.03. The van der Waals surface area contributed by atoms with Gasteiger partial charge in [0.15, 0.2) is 0 Å². The van der Waals surface area contributed by atoms with Crippen molar-refractivity contribution in [2.75, 3.05) is 14.2 Å². The van der Waals surface area contributed by atoms with Crippen LogP contribution in [0.25, 0.3) is 11.1 Å². The smallest absolute Gasteiger partial charge is 0.127 e. The van der Waals surface area contributed by atoms with E-state index in [9.17, 15) is 0 Å². The molecule has 0 saturated heterocycles. The molecular formula is C37H45O2P. The van der Waals surface area contributed by atoms with Crippen LogP contribution in [-0.2, 0) is 0 Å². The topological polar surface area (TPSA) is 18.5 Å². The van der Waals surface area contributed by atoms with E-state index in [1.54, 1.807) is 14.2 Å². The third kappa shape index (κ3) is 5.98. The number of ether oxygens (including phenoxy) is 2. The summed E-state index contributed by atoms with van der Waals surface area (Å²) in [4.78, 5) is 0. The average Bonchev–Trinajstić information content (AvgIpc) is 2.88. The number of methoxy groups -OCH3 is 2. The van der Waals surface area contributed by atoms with Gasteiger partial charge >= 0.3 is 0 Å². The Bertz CT molecular complexity index is 1370. The molecule has 0 heterocycles. The molecule has 210 valence electrons. The van der Waals surface area contributed by atoms with Gasteiger partial charge in [0.25, 0.3) is 0 Å². The predicted octanol–water partition coefficient (Wildman–Crippen LogP) is 9.87. The zero-order valence-corrected chi connectivity index (χ0v) is 26.8. The van der Waals surface area contributed by atoms with E-state index in [2.05, 4.69) is 140 Å². The first-order valence-electron chi connectivity index (χ1n) is 14.1. The largest absolute Gasteiger partial charge is 0.496 e. The van der Waals surface area contributed by atoms with Gasteiger partial charge in [-0.05, 0) is 69.7 Å². The molecule has 4 rings (SSSR count). The standard InChI is InChI=1S/C37H45O2P/c1-25-23-29(33(27-17-13-11-14-18-27)28-19-15-12-16-20-28)24-26(2)32(25)34-30(38-9)21-22-31(39-10)35(34)40(36(3,4)5)37(6,7)8/h11-24,33H,1-10H3. The maximum Gasteiger partial charge on any atom is 0.127 e. The van der Waals surface area contributed by atoms with Crippen molar-refractivity contribution >= 4 is 13.2 Å². The van der Waals surface area contributed by atoms with Crippen molar-refractivity contribution in [1.82, 2.24) is 0 Å². The fourth-order valence-corrected chi connectivity index (χ4v) is 10.6. The van der Waals surface area contributed by atoms with E-state index < -0.39 is 7.92 Å². The van der Waals surface area contributed by atoms with Crippen molar-refractivity contribution in [1.29, 1.82) is 0 Å². The van der Waals surface area contributed by atoms with Gasteiger partial charge in [-0.1, -0.05) is 122 Å². The lowest BCUT2D eigenvalue weighted by atomic mass is 9.82. The SMILES string of the molecule is COc1ccc(OC)c(P(C(C)(C)C)C(C)(C)C)c1-c1c(C)cc(C(c2ccccc2)c2ccccc2)cc1C. The van der Waals surface area contributed by atoms with E-state index in [0.29, 0.717) is 0 Å². The van der Waals surface area contributed by atoms with E-state index in [0.717, 1.165) is 11.5 Å². The number of aryl methyl sites for hydroxylation is 2. The van der Waals surface area contributed by atoms with Crippen LogP contribution in [0.3, 0.4) is 0 Å². The maximum atomic E-state index is 6.10. The fraction of sp³-hybridized carbons (Fsp3) is 0.351. The highest BCUT2D eigenvalue weighted by Gasteiger charge is 2.40. The van der Waals surface area contributed by atoms with Crippen molar-refractivity contribution in [3.63, 3.8) is 0 Å². The van der Waals surface area contributed by atoms with Gasteiger partial charge in [-0.25, -0.2) is 0 Å². The molecule has 0 N–H and O–H groups in total. The van der Waals surface area contributed by atoms with E-state index >= 15 is 0 Å². The van der Waals surface area contributed by atoms with Crippen LogP contribution in [0.1, 0.15) is 75.3 Å². The lowest BCUT2D eigenvalue weighted by Crippen LogP contribution is -2.33. The van der Waals surface area contributed by atoms with E-state index in [4.69, 9.17) is 9.47 Å². The summed E-state index contributed by atoms with van der Waals surface area (Å²) in [6.07, 6.45) is 0. The van der Waals surface area contributed by atoms with Gasteiger partial charge in [0.1, 0.15) is 11.5 Å². The summed E-state index contributed by atoms with van der Waals surface area (Å²) in [5.41, 5.74) is 8.81. The number of hydrogen-bond acceptors (Lipinski definition) is 2. The highest BCUT2D eigenvalue weighted by molar-refractivity contribution is 7.69. The minimum atomic E-state index is -0.653. The zero-order valence-electron chi connectivity index (χ0n) is 25.9. The Morgan fingerprint density at radius 1 is 0.550 bits per heavy atom. The highest BCUT2D eigenvalue weighted by Crippen LogP contribution is 2.62. The van der Waals surface area contributed by atoms with Crippen LogP contribution < -0.4 is 14.8 Å². The van der Waals surface area contributed by atoms with Crippen LogP contribution in [0.15, 0.2) is 84.9 Å².